The summed E-state index contributed by atoms with van der Waals surface area (Å²) in [6.07, 6.45) is -2.06. The van der Waals surface area contributed by atoms with Crippen molar-refractivity contribution < 1.29 is 18.0 Å². The van der Waals surface area contributed by atoms with E-state index in [4.69, 9.17) is 0 Å². The Morgan fingerprint density at radius 2 is 1.84 bits per heavy atom. The maximum atomic E-state index is 13.5. The Labute approximate surface area is 145 Å². The van der Waals surface area contributed by atoms with Gasteiger partial charge in [0, 0.05) is 32.7 Å². The summed E-state index contributed by atoms with van der Waals surface area (Å²) >= 11 is 0. The van der Waals surface area contributed by atoms with Crippen molar-refractivity contribution >= 4 is 5.91 Å². The smallest absolute Gasteiger partial charge is 0.353 e. The third-order valence-electron chi connectivity index (χ3n) is 5.39. The summed E-state index contributed by atoms with van der Waals surface area (Å²) in [5.74, 6) is -0.283. The number of carbonyl (C=O) groups excluding carboxylic acids is 1. The van der Waals surface area contributed by atoms with Gasteiger partial charge in [0.15, 0.2) is 0 Å². The molecule has 1 amide bonds. The van der Waals surface area contributed by atoms with Crippen LogP contribution >= 0.6 is 0 Å². The fourth-order valence-corrected chi connectivity index (χ4v) is 3.74. The van der Waals surface area contributed by atoms with Crippen LogP contribution in [0.1, 0.15) is 24.8 Å². The van der Waals surface area contributed by atoms with E-state index < -0.39 is 24.2 Å². The topological polar surface area (TPSA) is 44.4 Å². The van der Waals surface area contributed by atoms with Gasteiger partial charge in [0.1, 0.15) is 6.04 Å². The number of amides is 1. The number of rotatable bonds is 5. The number of hydrogen-bond acceptors (Lipinski definition) is 3. The molecule has 1 aromatic carbocycles. The van der Waals surface area contributed by atoms with Crippen molar-refractivity contribution in [2.24, 2.45) is 0 Å². The molecule has 2 fully saturated rings. The zero-order valence-electron chi connectivity index (χ0n) is 14.1. The van der Waals surface area contributed by atoms with Crippen LogP contribution in [0.25, 0.3) is 0 Å². The van der Waals surface area contributed by atoms with Gasteiger partial charge in [-0.3, -0.25) is 9.69 Å². The van der Waals surface area contributed by atoms with Crippen molar-refractivity contribution in [1.82, 2.24) is 15.5 Å². The number of hydrogen-bond donors (Lipinski definition) is 2. The molecule has 1 heterocycles. The number of alkyl halides is 3. The average Bonchev–Trinajstić information content (AvgIpc) is 2.55. The molecule has 1 aromatic rings. The Kier molecular flexibility index (Phi) is 5.34. The van der Waals surface area contributed by atoms with Crippen LogP contribution in [-0.2, 0) is 10.2 Å². The van der Waals surface area contributed by atoms with Gasteiger partial charge >= 0.3 is 6.18 Å². The van der Waals surface area contributed by atoms with Crippen molar-refractivity contribution in [3.8, 4) is 0 Å². The molecule has 7 heteroatoms. The molecular formula is C18H24F3N3O. The molecule has 1 unspecified atom stereocenters. The standard InChI is InChI=1S/C18H24F3N3O/c19-18(20,21)15(24-11-9-22-10-12-24)13-23-16(25)17(7-4-8-17)14-5-2-1-3-6-14/h1-3,5-6,15,22H,4,7-13H2,(H,23,25). The zero-order chi connectivity index (χ0) is 17.9. The maximum absolute atomic E-state index is 13.5. The van der Waals surface area contributed by atoms with E-state index in [1.54, 1.807) is 0 Å². The van der Waals surface area contributed by atoms with E-state index >= 15 is 0 Å². The third-order valence-corrected chi connectivity index (χ3v) is 5.39. The van der Waals surface area contributed by atoms with Crippen LogP contribution in [0.5, 0.6) is 0 Å². The highest BCUT2D eigenvalue weighted by Crippen LogP contribution is 2.44. The second-order valence-corrected chi connectivity index (χ2v) is 6.86. The quantitative estimate of drug-likeness (QED) is 0.850. The lowest BCUT2D eigenvalue weighted by atomic mass is 9.64. The summed E-state index contributed by atoms with van der Waals surface area (Å²) in [6.45, 7) is 1.35. The van der Waals surface area contributed by atoms with Crippen LogP contribution in [-0.4, -0.2) is 55.7 Å². The van der Waals surface area contributed by atoms with Gasteiger partial charge in [-0.05, 0) is 18.4 Å². The molecule has 3 rings (SSSR count). The van der Waals surface area contributed by atoms with E-state index in [0.717, 1.165) is 12.0 Å². The second kappa shape index (κ2) is 7.33. The van der Waals surface area contributed by atoms with Crippen LogP contribution in [0.2, 0.25) is 0 Å². The lowest BCUT2D eigenvalue weighted by Crippen LogP contribution is -2.59. The van der Waals surface area contributed by atoms with Crippen molar-refractivity contribution in [3.05, 3.63) is 35.9 Å². The van der Waals surface area contributed by atoms with Crippen molar-refractivity contribution in [2.75, 3.05) is 32.7 Å². The van der Waals surface area contributed by atoms with Gasteiger partial charge in [0.25, 0.3) is 0 Å². The lowest BCUT2D eigenvalue weighted by molar-refractivity contribution is -0.184. The molecule has 4 nitrogen and oxygen atoms in total. The third kappa shape index (κ3) is 3.82. The molecule has 1 atom stereocenters. The number of benzene rings is 1. The van der Waals surface area contributed by atoms with Crippen molar-refractivity contribution in [1.29, 1.82) is 0 Å². The normalized spacial score (nSPS) is 22.0. The number of carbonyl (C=O) groups is 1. The van der Waals surface area contributed by atoms with Crippen LogP contribution in [0.15, 0.2) is 30.3 Å². The molecule has 0 radical (unpaired) electrons. The minimum Gasteiger partial charge on any atom is -0.353 e. The molecule has 25 heavy (non-hydrogen) atoms. The predicted octanol–water partition coefficient (Wildman–Crippen LogP) is 2.06. The summed E-state index contributed by atoms with van der Waals surface area (Å²) in [4.78, 5) is 14.2. The molecule has 138 valence electrons. The molecule has 1 aliphatic heterocycles. The molecule has 0 spiro atoms. The summed E-state index contributed by atoms with van der Waals surface area (Å²) in [6, 6.07) is 7.74. The number of nitrogens with zero attached hydrogens (tertiary/aromatic N) is 1. The highest BCUT2D eigenvalue weighted by Gasteiger charge is 2.48. The second-order valence-electron chi connectivity index (χ2n) is 6.86. The maximum Gasteiger partial charge on any atom is 0.405 e. The van der Waals surface area contributed by atoms with Gasteiger partial charge in [-0.25, -0.2) is 0 Å². The highest BCUT2D eigenvalue weighted by molar-refractivity contribution is 5.89. The SMILES string of the molecule is O=C(NCC(N1CCNCC1)C(F)(F)F)C1(c2ccccc2)CCC1. The molecule has 1 aliphatic carbocycles. The first kappa shape index (κ1) is 18.2. The van der Waals surface area contributed by atoms with Crippen LogP contribution < -0.4 is 10.6 Å². The Bertz CT molecular complexity index is 581. The van der Waals surface area contributed by atoms with E-state index in [2.05, 4.69) is 10.6 Å². The molecule has 0 bridgehead atoms. The van der Waals surface area contributed by atoms with Crippen LogP contribution in [0, 0.1) is 0 Å². The van der Waals surface area contributed by atoms with Crippen molar-refractivity contribution in [2.45, 2.75) is 36.9 Å². The summed E-state index contributed by atoms with van der Waals surface area (Å²) < 4.78 is 40.4. The Morgan fingerprint density at radius 3 is 2.36 bits per heavy atom. The van der Waals surface area contributed by atoms with Gasteiger partial charge in [-0.1, -0.05) is 36.8 Å². The molecule has 1 saturated heterocycles. The highest BCUT2D eigenvalue weighted by atomic mass is 19.4. The van der Waals surface area contributed by atoms with E-state index in [9.17, 15) is 18.0 Å². The largest absolute Gasteiger partial charge is 0.405 e. The van der Waals surface area contributed by atoms with Gasteiger partial charge in [-0.2, -0.15) is 13.2 Å². The number of nitrogens with one attached hydrogen (secondary N) is 2. The summed E-state index contributed by atoms with van der Waals surface area (Å²) in [7, 11) is 0. The van der Waals surface area contributed by atoms with Crippen LogP contribution in [0.4, 0.5) is 13.2 Å². The molecule has 2 aliphatic rings. The first-order chi connectivity index (χ1) is 11.9. The van der Waals surface area contributed by atoms with Gasteiger partial charge in [0.05, 0.1) is 5.41 Å². The molecule has 2 N–H and O–H groups in total. The fourth-order valence-electron chi connectivity index (χ4n) is 3.74. The van der Waals surface area contributed by atoms with Gasteiger partial charge < -0.3 is 10.6 Å². The minimum atomic E-state index is -4.36. The number of halogens is 3. The minimum absolute atomic E-state index is 0.283. The van der Waals surface area contributed by atoms with Crippen LogP contribution in [0.3, 0.4) is 0 Å². The predicted molar refractivity (Wildman–Crippen MR) is 89.3 cm³/mol. The van der Waals surface area contributed by atoms with Gasteiger partial charge in [0.2, 0.25) is 5.91 Å². The summed E-state index contributed by atoms with van der Waals surface area (Å²) in [5, 5.41) is 5.66. The zero-order valence-corrected chi connectivity index (χ0v) is 14.1. The molecule has 0 aromatic heterocycles. The Morgan fingerprint density at radius 1 is 1.20 bits per heavy atom. The van der Waals surface area contributed by atoms with Gasteiger partial charge in [-0.15, -0.1) is 0 Å². The molecule has 1 saturated carbocycles. The van der Waals surface area contributed by atoms with E-state index in [1.807, 2.05) is 30.3 Å². The monoisotopic (exact) mass is 355 g/mol. The average molecular weight is 355 g/mol. The Hall–Kier alpha value is -1.60. The summed E-state index contributed by atoms with van der Waals surface area (Å²) in [5.41, 5.74) is 0.227. The fraction of sp³-hybridized carbons (Fsp3) is 0.611. The lowest BCUT2D eigenvalue weighted by Gasteiger charge is -2.42. The molecular weight excluding hydrogens is 331 g/mol. The first-order valence-electron chi connectivity index (χ1n) is 8.79. The Balaban J connectivity index is 1.68. The van der Waals surface area contributed by atoms with Crippen molar-refractivity contribution in [3.63, 3.8) is 0 Å². The first-order valence-corrected chi connectivity index (χ1v) is 8.79. The van der Waals surface area contributed by atoms with E-state index in [-0.39, 0.29) is 5.91 Å². The van der Waals surface area contributed by atoms with E-state index in [0.29, 0.717) is 39.0 Å². The van der Waals surface area contributed by atoms with E-state index in [1.165, 1.54) is 4.90 Å². The number of piperazine rings is 1.